The third kappa shape index (κ3) is 4.32. The van der Waals surface area contributed by atoms with Gasteiger partial charge in [-0.05, 0) is 55.2 Å². The van der Waals surface area contributed by atoms with E-state index in [0.717, 1.165) is 11.4 Å². The zero-order chi connectivity index (χ0) is 16.1. The number of amides is 1. The second kappa shape index (κ2) is 7.60. The Morgan fingerprint density at radius 1 is 1.13 bits per heavy atom. The number of carbonyl (C=O) groups excluding carboxylic acids is 1. The third-order valence-corrected chi connectivity index (χ3v) is 4.68. The molecule has 0 N–H and O–H groups in total. The van der Waals surface area contributed by atoms with E-state index >= 15 is 0 Å². The number of benzene rings is 1. The van der Waals surface area contributed by atoms with Crippen molar-refractivity contribution in [1.29, 1.82) is 0 Å². The van der Waals surface area contributed by atoms with Gasteiger partial charge in [0.25, 0.3) is 0 Å². The highest BCUT2D eigenvalue weighted by atomic mass is 35.5. The van der Waals surface area contributed by atoms with Gasteiger partial charge in [-0.15, -0.1) is 0 Å². The minimum absolute atomic E-state index is 0.171. The Hall–Kier alpha value is -1.87. The van der Waals surface area contributed by atoms with Gasteiger partial charge in [-0.25, -0.2) is 0 Å². The average Bonchev–Trinajstić information content (AvgIpc) is 3.07. The Morgan fingerprint density at radius 3 is 2.52 bits per heavy atom. The molecule has 23 heavy (non-hydrogen) atoms. The standard InChI is InChI=1S/C19H21ClN2O/c20-16-8-10-18(11-9-16)22(14-17-7-3-4-12-21-17)19(23)13-15-5-1-2-6-15/h3-4,7-12,15H,1-2,5-6,13-14H2. The maximum atomic E-state index is 12.9. The third-order valence-electron chi connectivity index (χ3n) is 4.42. The van der Waals surface area contributed by atoms with E-state index in [1.54, 1.807) is 6.20 Å². The van der Waals surface area contributed by atoms with Crippen molar-refractivity contribution in [3.63, 3.8) is 0 Å². The van der Waals surface area contributed by atoms with Crippen molar-refractivity contribution >= 4 is 23.2 Å². The fraction of sp³-hybridized carbons (Fsp3) is 0.368. The van der Waals surface area contributed by atoms with Gasteiger partial charge in [0.15, 0.2) is 0 Å². The van der Waals surface area contributed by atoms with Crippen molar-refractivity contribution < 1.29 is 4.79 Å². The summed E-state index contributed by atoms with van der Waals surface area (Å²) in [4.78, 5) is 19.0. The van der Waals surface area contributed by atoms with Crippen LogP contribution in [-0.2, 0) is 11.3 Å². The summed E-state index contributed by atoms with van der Waals surface area (Å²) in [5.74, 6) is 0.700. The lowest BCUT2D eigenvalue weighted by Crippen LogP contribution is -2.31. The van der Waals surface area contributed by atoms with Crippen LogP contribution in [0.2, 0.25) is 5.02 Å². The number of rotatable bonds is 5. The lowest BCUT2D eigenvalue weighted by atomic mass is 10.0. The first kappa shape index (κ1) is 16.0. The average molecular weight is 329 g/mol. The SMILES string of the molecule is O=C(CC1CCCC1)N(Cc1ccccn1)c1ccc(Cl)cc1. The zero-order valence-electron chi connectivity index (χ0n) is 13.1. The molecule has 1 saturated carbocycles. The number of aromatic nitrogens is 1. The summed E-state index contributed by atoms with van der Waals surface area (Å²) in [6.45, 7) is 0.494. The largest absolute Gasteiger partial charge is 0.306 e. The number of hydrogen-bond donors (Lipinski definition) is 0. The summed E-state index contributed by atoms with van der Waals surface area (Å²) in [7, 11) is 0. The molecule has 0 radical (unpaired) electrons. The smallest absolute Gasteiger partial charge is 0.227 e. The number of pyridine rings is 1. The molecule has 120 valence electrons. The predicted molar refractivity (Wildman–Crippen MR) is 93.5 cm³/mol. The van der Waals surface area contributed by atoms with Crippen LogP contribution < -0.4 is 4.90 Å². The van der Waals surface area contributed by atoms with Crippen LogP contribution in [0.5, 0.6) is 0 Å². The van der Waals surface area contributed by atoms with E-state index in [1.807, 2.05) is 47.4 Å². The second-order valence-electron chi connectivity index (χ2n) is 6.13. The second-order valence-corrected chi connectivity index (χ2v) is 6.57. The van der Waals surface area contributed by atoms with Gasteiger partial charge >= 0.3 is 0 Å². The molecule has 1 aromatic heterocycles. The highest BCUT2D eigenvalue weighted by molar-refractivity contribution is 6.30. The molecular formula is C19H21ClN2O. The van der Waals surface area contributed by atoms with Gasteiger partial charge in [0.2, 0.25) is 5.91 Å². The zero-order valence-corrected chi connectivity index (χ0v) is 13.9. The van der Waals surface area contributed by atoms with Crippen LogP contribution in [0.3, 0.4) is 0 Å². The molecule has 1 aliphatic carbocycles. The minimum Gasteiger partial charge on any atom is -0.306 e. The van der Waals surface area contributed by atoms with Crippen molar-refractivity contribution in [3.8, 4) is 0 Å². The quantitative estimate of drug-likeness (QED) is 0.786. The number of anilines is 1. The van der Waals surface area contributed by atoms with E-state index in [1.165, 1.54) is 25.7 Å². The van der Waals surface area contributed by atoms with Gasteiger partial charge in [-0.2, -0.15) is 0 Å². The predicted octanol–water partition coefficient (Wildman–Crippen LogP) is 4.85. The van der Waals surface area contributed by atoms with Gasteiger partial charge in [0.1, 0.15) is 0 Å². The van der Waals surface area contributed by atoms with E-state index in [2.05, 4.69) is 4.98 Å². The topological polar surface area (TPSA) is 33.2 Å². The van der Waals surface area contributed by atoms with Crippen molar-refractivity contribution in [2.45, 2.75) is 38.6 Å². The van der Waals surface area contributed by atoms with Crippen LogP contribution in [0.1, 0.15) is 37.8 Å². The first-order chi connectivity index (χ1) is 11.2. The van der Waals surface area contributed by atoms with Gasteiger partial charge in [0, 0.05) is 23.3 Å². The van der Waals surface area contributed by atoms with E-state index < -0.39 is 0 Å². The highest BCUT2D eigenvalue weighted by Crippen LogP contribution is 2.29. The summed E-state index contributed by atoms with van der Waals surface area (Å²) in [5.41, 5.74) is 1.77. The van der Waals surface area contributed by atoms with E-state index in [4.69, 9.17) is 11.6 Å². The van der Waals surface area contributed by atoms with E-state index in [9.17, 15) is 4.79 Å². The summed E-state index contributed by atoms with van der Waals surface area (Å²) >= 11 is 5.98. The van der Waals surface area contributed by atoms with Crippen molar-refractivity contribution in [2.24, 2.45) is 5.92 Å². The summed E-state index contributed by atoms with van der Waals surface area (Å²) in [6.07, 6.45) is 7.22. The molecule has 2 aromatic rings. The Kier molecular flexibility index (Phi) is 5.29. The number of carbonyl (C=O) groups is 1. The molecule has 0 bridgehead atoms. The van der Waals surface area contributed by atoms with Gasteiger partial charge < -0.3 is 4.90 Å². The molecule has 1 amide bonds. The molecule has 0 spiro atoms. The van der Waals surface area contributed by atoms with Gasteiger partial charge in [0.05, 0.1) is 12.2 Å². The molecule has 4 heteroatoms. The summed E-state index contributed by atoms with van der Waals surface area (Å²) in [5, 5.41) is 0.676. The summed E-state index contributed by atoms with van der Waals surface area (Å²) < 4.78 is 0. The first-order valence-corrected chi connectivity index (χ1v) is 8.56. The highest BCUT2D eigenvalue weighted by Gasteiger charge is 2.23. The van der Waals surface area contributed by atoms with E-state index in [0.29, 0.717) is 23.9 Å². The number of halogens is 1. The number of hydrogen-bond acceptors (Lipinski definition) is 2. The van der Waals surface area contributed by atoms with Crippen molar-refractivity contribution in [2.75, 3.05) is 4.90 Å². The monoisotopic (exact) mass is 328 g/mol. The maximum absolute atomic E-state index is 12.9. The van der Waals surface area contributed by atoms with Crippen LogP contribution in [-0.4, -0.2) is 10.9 Å². The van der Waals surface area contributed by atoms with Crippen molar-refractivity contribution in [3.05, 3.63) is 59.4 Å². The molecule has 0 unspecified atom stereocenters. The fourth-order valence-corrected chi connectivity index (χ4v) is 3.30. The van der Waals surface area contributed by atoms with Crippen LogP contribution in [0.15, 0.2) is 48.7 Å². The minimum atomic E-state index is 0.171. The Morgan fingerprint density at radius 2 is 1.87 bits per heavy atom. The first-order valence-electron chi connectivity index (χ1n) is 8.18. The molecule has 1 aliphatic rings. The molecule has 3 nitrogen and oxygen atoms in total. The molecular weight excluding hydrogens is 308 g/mol. The Balaban J connectivity index is 1.79. The van der Waals surface area contributed by atoms with E-state index in [-0.39, 0.29) is 5.91 Å². The maximum Gasteiger partial charge on any atom is 0.227 e. The molecule has 3 rings (SSSR count). The lowest BCUT2D eigenvalue weighted by Gasteiger charge is -2.24. The molecule has 1 heterocycles. The molecule has 0 atom stereocenters. The molecule has 1 fully saturated rings. The molecule has 1 aromatic carbocycles. The molecule has 0 aliphatic heterocycles. The lowest BCUT2D eigenvalue weighted by molar-refractivity contribution is -0.119. The van der Waals surface area contributed by atoms with Crippen LogP contribution >= 0.6 is 11.6 Å². The van der Waals surface area contributed by atoms with Gasteiger partial charge in [-0.3, -0.25) is 9.78 Å². The normalized spacial score (nSPS) is 14.8. The van der Waals surface area contributed by atoms with Crippen LogP contribution in [0, 0.1) is 5.92 Å². The van der Waals surface area contributed by atoms with Crippen LogP contribution in [0.25, 0.3) is 0 Å². The molecule has 0 saturated heterocycles. The van der Waals surface area contributed by atoms with Crippen molar-refractivity contribution in [1.82, 2.24) is 4.98 Å². The number of nitrogens with zero attached hydrogens (tertiary/aromatic N) is 2. The fourth-order valence-electron chi connectivity index (χ4n) is 3.17. The van der Waals surface area contributed by atoms with Gasteiger partial charge in [-0.1, -0.05) is 30.5 Å². The Bertz CT molecular complexity index is 636. The Labute approximate surface area is 142 Å². The summed E-state index contributed by atoms with van der Waals surface area (Å²) in [6, 6.07) is 13.2. The van der Waals surface area contributed by atoms with Crippen LogP contribution in [0.4, 0.5) is 5.69 Å².